The fraction of sp³-hybridized carbons (Fsp3) is 0.515. The number of nitrogens with two attached hydrogens (primary N) is 1. The normalized spacial score (nSPS) is 17.8. The number of piperidine rings is 1. The predicted octanol–water partition coefficient (Wildman–Crippen LogP) is 4.05. The summed E-state index contributed by atoms with van der Waals surface area (Å²) in [5, 5.41) is 6.28. The van der Waals surface area contributed by atoms with E-state index in [1.54, 1.807) is 23.1 Å². The van der Waals surface area contributed by atoms with Gasteiger partial charge in [-0.15, -0.1) is 0 Å². The van der Waals surface area contributed by atoms with Crippen LogP contribution in [0.5, 0.6) is 0 Å². The van der Waals surface area contributed by atoms with Crippen LogP contribution in [-0.4, -0.2) is 65.1 Å². The molecule has 2 atom stereocenters. The van der Waals surface area contributed by atoms with E-state index in [9.17, 15) is 19.2 Å². The summed E-state index contributed by atoms with van der Waals surface area (Å²) in [5.74, 6) is 0.120. The Balaban J connectivity index is 1.43. The van der Waals surface area contributed by atoms with E-state index in [1.807, 2.05) is 36.1 Å². The zero-order valence-electron chi connectivity index (χ0n) is 25.4. The van der Waals surface area contributed by atoms with Gasteiger partial charge >= 0.3 is 0 Å². The summed E-state index contributed by atoms with van der Waals surface area (Å²) in [5.41, 5.74) is 9.12. The molecule has 2 aromatic rings. The maximum atomic E-state index is 13.7. The lowest BCUT2D eigenvalue weighted by Gasteiger charge is -2.37. The lowest BCUT2D eigenvalue weighted by molar-refractivity contribution is -0.144. The van der Waals surface area contributed by atoms with Crippen LogP contribution in [0.3, 0.4) is 0 Å². The Morgan fingerprint density at radius 1 is 1.00 bits per heavy atom. The number of anilines is 1. The van der Waals surface area contributed by atoms with Gasteiger partial charge in [0.05, 0.1) is 0 Å². The fourth-order valence-electron chi connectivity index (χ4n) is 6.01. The van der Waals surface area contributed by atoms with Crippen LogP contribution in [0.2, 0.25) is 5.02 Å². The van der Waals surface area contributed by atoms with Crippen LogP contribution in [0.1, 0.15) is 62.6 Å². The number of hydrogen-bond donors (Lipinski definition) is 3. The molecular weight excluding hydrogens is 566 g/mol. The van der Waals surface area contributed by atoms with Crippen LogP contribution in [0.25, 0.3) is 0 Å². The molecule has 2 aliphatic rings. The Kier molecular flexibility index (Phi) is 11.2. The van der Waals surface area contributed by atoms with E-state index >= 15 is 0 Å². The third kappa shape index (κ3) is 8.36. The molecule has 9 nitrogen and oxygen atoms in total. The zero-order valence-corrected chi connectivity index (χ0v) is 26.2. The molecule has 1 saturated heterocycles. The highest BCUT2D eigenvalue weighted by molar-refractivity contribution is 6.31. The lowest BCUT2D eigenvalue weighted by Crippen LogP contribution is -2.56. The second-order valence-corrected chi connectivity index (χ2v) is 12.5. The fourth-order valence-corrected chi connectivity index (χ4v) is 6.12. The van der Waals surface area contributed by atoms with E-state index in [0.29, 0.717) is 29.0 Å². The molecule has 0 radical (unpaired) electrons. The Morgan fingerprint density at radius 2 is 1.67 bits per heavy atom. The molecule has 0 aliphatic carbocycles. The number of aryl methyl sites for hydroxylation is 1. The number of halogens is 1. The van der Waals surface area contributed by atoms with Crippen LogP contribution in [0.4, 0.5) is 5.69 Å². The second-order valence-electron chi connectivity index (χ2n) is 12.1. The summed E-state index contributed by atoms with van der Waals surface area (Å²) in [6.07, 6.45) is 2.64. The molecule has 43 heavy (non-hydrogen) atoms. The average Bonchev–Trinajstić information content (AvgIpc) is 3.00. The van der Waals surface area contributed by atoms with Crippen molar-refractivity contribution in [2.75, 3.05) is 25.0 Å². The topological polar surface area (TPSA) is 125 Å². The van der Waals surface area contributed by atoms with Crippen LogP contribution >= 0.6 is 11.6 Å². The standard InChI is InChI=1S/C33H44ClN5O4/c1-21(2)23-13-16-38(17-14-23)30(40)10-11-31(41)39-20-25-7-5-4-6-24(25)19-29(39)33(43)37-28(12-15-35)32(42)36-26-8-9-27(34)22(3)18-26/h4-9,18,21,23,28-29H,10-17,19-20,35H2,1-3H3,(H,36,42)(H,37,43)/t28-,29-/m0/s1. The van der Waals surface area contributed by atoms with Crippen LogP contribution in [0.15, 0.2) is 42.5 Å². The Bertz CT molecular complexity index is 1320. The molecule has 2 aliphatic heterocycles. The molecule has 232 valence electrons. The molecule has 0 spiro atoms. The van der Waals surface area contributed by atoms with E-state index in [-0.39, 0.29) is 44.2 Å². The van der Waals surface area contributed by atoms with Gasteiger partial charge in [0.25, 0.3) is 0 Å². The summed E-state index contributed by atoms with van der Waals surface area (Å²) in [6, 6.07) is 11.2. The lowest BCUT2D eigenvalue weighted by atomic mass is 9.86. The molecular formula is C33H44ClN5O4. The predicted molar refractivity (Wildman–Crippen MR) is 168 cm³/mol. The van der Waals surface area contributed by atoms with Crippen molar-refractivity contribution in [1.82, 2.24) is 15.1 Å². The van der Waals surface area contributed by atoms with Crippen LogP contribution in [-0.2, 0) is 32.1 Å². The van der Waals surface area contributed by atoms with Crippen LogP contribution < -0.4 is 16.4 Å². The molecule has 10 heteroatoms. The van der Waals surface area contributed by atoms with E-state index < -0.39 is 23.9 Å². The number of likely N-dealkylation sites (tertiary alicyclic amines) is 1. The number of nitrogens with zero attached hydrogens (tertiary/aromatic N) is 2. The van der Waals surface area contributed by atoms with Gasteiger partial charge in [-0.2, -0.15) is 0 Å². The minimum absolute atomic E-state index is 0.0221. The zero-order chi connectivity index (χ0) is 31.1. The number of nitrogens with one attached hydrogen (secondary N) is 2. The SMILES string of the molecule is Cc1cc(NC(=O)[C@H](CCN)NC(=O)[C@@H]2Cc3ccccc3CN2C(=O)CCC(=O)N2CCC(C(C)C)CC2)ccc1Cl. The number of rotatable bonds is 10. The number of carbonyl (C=O) groups excluding carboxylic acids is 4. The first-order valence-electron chi connectivity index (χ1n) is 15.3. The smallest absolute Gasteiger partial charge is 0.246 e. The molecule has 2 aromatic carbocycles. The molecule has 0 aromatic heterocycles. The van der Waals surface area contributed by atoms with Gasteiger partial charge in [-0.05, 0) is 79.5 Å². The number of fused-ring (bicyclic) bond motifs is 1. The van der Waals surface area contributed by atoms with Crippen molar-refractivity contribution >= 4 is 40.9 Å². The molecule has 2 heterocycles. The number of benzene rings is 2. The maximum absolute atomic E-state index is 13.7. The van der Waals surface area contributed by atoms with Gasteiger partial charge in [-0.25, -0.2) is 0 Å². The molecule has 4 amide bonds. The molecule has 4 N–H and O–H groups in total. The third-order valence-corrected chi connectivity index (χ3v) is 9.20. The Hall–Kier alpha value is -3.43. The molecule has 0 unspecified atom stereocenters. The van der Waals surface area contributed by atoms with Gasteiger partial charge in [0, 0.05) is 49.6 Å². The first-order valence-corrected chi connectivity index (χ1v) is 15.7. The van der Waals surface area contributed by atoms with Gasteiger partial charge in [0.2, 0.25) is 23.6 Å². The van der Waals surface area contributed by atoms with E-state index in [1.165, 1.54) is 0 Å². The van der Waals surface area contributed by atoms with E-state index in [2.05, 4.69) is 24.5 Å². The van der Waals surface area contributed by atoms with Gasteiger partial charge in [-0.3, -0.25) is 19.2 Å². The van der Waals surface area contributed by atoms with E-state index in [0.717, 1.165) is 42.6 Å². The number of amides is 4. The highest BCUT2D eigenvalue weighted by Crippen LogP contribution is 2.27. The van der Waals surface area contributed by atoms with Gasteiger partial charge in [0.15, 0.2) is 0 Å². The van der Waals surface area contributed by atoms with Crippen molar-refractivity contribution in [1.29, 1.82) is 0 Å². The van der Waals surface area contributed by atoms with Crippen molar-refractivity contribution in [2.24, 2.45) is 17.6 Å². The summed E-state index contributed by atoms with van der Waals surface area (Å²) >= 11 is 6.11. The van der Waals surface area contributed by atoms with Crippen molar-refractivity contribution in [3.8, 4) is 0 Å². The first-order chi connectivity index (χ1) is 20.6. The summed E-state index contributed by atoms with van der Waals surface area (Å²) in [4.78, 5) is 56.8. The van der Waals surface area contributed by atoms with Gasteiger partial charge in [-0.1, -0.05) is 49.7 Å². The molecule has 0 bridgehead atoms. The van der Waals surface area contributed by atoms with Gasteiger partial charge < -0.3 is 26.2 Å². The third-order valence-electron chi connectivity index (χ3n) is 8.77. The summed E-state index contributed by atoms with van der Waals surface area (Å²) in [6.45, 7) is 8.16. The Morgan fingerprint density at radius 3 is 2.33 bits per heavy atom. The maximum Gasteiger partial charge on any atom is 0.246 e. The summed E-state index contributed by atoms with van der Waals surface area (Å²) < 4.78 is 0. The highest BCUT2D eigenvalue weighted by atomic mass is 35.5. The molecule has 4 rings (SSSR count). The van der Waals surface area contributed by atoms with Crippen molar-refractivity contribution in [3.63, 3.8) is 0 Å². The molecule has 0 saturated carbocycles. The Labute approximate surface area is 259 Å². The number of hydrogen-bond acceptors (Lipinski definition) is 5. The largest absolute Gasteiger partial charge is 0.343 e. The van der Waals surface area contributed by atoms with Crippen molar-refractivity contribution in [3.05, 3.63) is 64.2 Å². The summed E-state index contributed by atoms with van der Waals surface area (Å²) in [7, 11) is 0. The quantitative estimate of drug-likeness (QED) is 0.375. The second kappa shape index (κ2) is 14.8. The minimum atomic E-state index is -0.891. The van der Waals surface area contributed by atoms with Crippen LogP contribution in [0, 0.1) is 18.8 Å². The molecule has 1 fully saturated rings. The minimum Gasteiger partial charge on any atom is -0.343 e. The van der Waals surface area contributed by atoms with Gasteiger partial charge in [0.1, 0.15) is 12.1 Å². The average molecular weight is 610 g/mol. The number of carbonyl (C=O) groups is 4. The van der Waals surface area contributed by atoms with E-state index in [4.69, 9.17) is 17.3 Å². The van der Waals surface area contributed by atoms with Crippen molar-refractivity contribution < 1.29 is 19.2 Å². The highest BCUT2D eigenvalue weighted by Gasteiger charge is 2.36. The first kappa shape index (κ1) is 32.5. The monoisotopic (exact) mass is 609 g/mol. The van der Waals surface area contributed by atoms with Crippen molar-refractivity contribution in [2.45, 2.75) is 77.9 Å².